The van der Waals surface area contributed by atoms with Crippen molar-refractivity contribution in [3.63, 3.8) is 0 Å². The number of aromatic nitrogens is 2. The molecule has 0 radical (unpaired) electrons. The predicted octanol–water partition coefficient (Wildman–Crippen LogP) is 2.60. The molecule has 1 aromatic heterocycles. The lowest BCUT2D eigenvalue weighted by Gasteiger charge is -2.13. The molecule has 2 N–H and O–H groups in total. The number of nitro benzene ring substituents is 1. The zero-order chi connectivity index (χ0) is 14.4. The quantitative estimate of drug-likeness (QED) is 0.462. The number of aryl methyl sites for hydroxylation is 1. The van der Waals surface area contributed by atoms with Gasteiger partial charge in [0.1, 0.15) is 5.82 Å². The molecule has 1 unspecified atom stereocenters. The number of aromatic amines is 1. The molecule has 1 heterocycles. The van der Waals surface area contributed by atoms with E-state index in [1.54, 1.807) is 18.3 Å². The summed E-state index contributed by atoms with van der Waals surface area (Å²) < 4.78 is 0. The summed E-state index contributed by atoms with van der Waals surface area (Å²) >= 11 is 0. The topological polar surface area (TPSA) is 83.8 Å². The molecule has 0 spiro atoms. The Labute approximate surface area is 117 Å². The number of nitrogens with one attached hydrogen (secondary N) is 2. The fraction of sp³-hybridized carbons (Fsp3) is 0.357. The van der Waals surface area contributed by atoms with Crippen LogP contribution < -0.4 is 5.32 Å². The van der Waals surface area contributed by atoms with E-state index in [0.717, 1.165) is 30.8 Å². The number of nitrogens with zero attached hydrogens (tertiary/aromatic N) is 2. The molecule has 6 heteroatoms. The lowest BCUT2D eigenvalue weighted by molar-refractivity contribution is -0.384. The summed E-state index contributed by atoms with van der Waals surface area (Å²) in [6.45, 7) is 2.92. The van der Waals surface area contributed by atoms with Crippen LogP contribution in [0, 0.1) is 10.1 Å². The van der Waals surface area contributed by atoms with Gasteiger partial charge in [0.25, 0.3) is 5.69 Å². The van der Waals surface area contributed by atoms with Gasteiger partial charge < -0.3 is 10.3 Å². The highest BCUT2D eigenvalue weighted by molar-refractivity contribution is 5.33. The first-order valence-electron chi connectivity index (χ1n) is 6.63. The maximum atomic E-state index is 10.6. The van der Waals surface area contributed by atoms with Crippen molar-refractivity contribution < 1.29 is 4.92 Å². The third kappa shape index (κ3) is 3.89. The van der Waals surface area contributed by atoms with Crippen LogP contribution in [-0.2, 0) is 6.42 Å². The summed E-state index contributed by atoms with van der Waals surface area (Å²) in [5, 5.41) is 14.0. The number of benzene rings is 1. The maximum absolute atomic E-state index is 10.6. The number of H-pyrrole nitrogens is 1. The van der Waals surface area contributed by atoms with Gasteiger partial charge in [0, 0.05) is 37.0 Å². The summed E-state index contributed by atoms with van der Waals surface area (Å²) in [6.07, 6.45) is 5.47. The van der Waals surface area contributed by atoms with Gasteiger partial charge in [0.15, 0.2) is 0 Å². The molecule has 0 saturated heterocycles. The summed E-state index contributed by atoms with van der Waals surface area (Å²) in [6, 6.07) is 6.84. The van der Waals surface area contributed by atoms with Gasteiger partial charge >= 0.3 is 0 Å². The molecule has 0 amide bonds. The van der Waals surface area contributed by atoms with E-state index in [1.165, 1.54) is 12.1 Å². The fourth-order valence-corrected chi connectivity index (χ4v) is 2.01. The number of imidazole rings is 1. The molecular formula is C14H18N4O2. The zero-order valence-electron chi connectivity index (χ0n) is 11.4. The van der Waals surface area contributed by atoms with Crippen molar-refractivity contribution in [2.75, 3.05) is 6.54 Å². The predicted molar refractivity (Wildman–Crippen MR) is 76.4 cm³/mol. The van der Waals surface area contributed by atoms with E-state index >= 15 is 0 Å². The average molecular weight is 274 g/mol. The SMILES string of the molecule is CC(NCCCc1ncc[nH]1)c1ccc([N+](=O)[O-])cc1. The highest BCUT2D eigenvalue weighted by Gasteiger charge is 2.08. The smallest absolute Gasteiger partial charge is 0.269 e. The summed E-state index contributed by atoms with van der Waals surface area (Å²) in [4.78, 5) is 17.4. The van der Waals surface area contributed by atoms with Gasteiger partial charge in [-0.15, -0.1) is 0 Å². The second-order valence-electron chi connectivity index (χ2n) is 4.66. The average Bonchev–Trinajstić information content (AvgIpc) is 2.96. The van der Waals surface area contributed by atoms with Crippen molar-refractivity contribution in [2.45, 2.75) is 25.8 Å². The molecule has 6 nitrogen and oxygen atoms in total. The van der Waals surface area contributed by atoms with Crippen LogP contribution in [0.1, 0.15) is 30.8 Å². The molecule has 0 aliphatic rings. The van der Waals surface area contributed by atoms with Gasteiger partial charge in [-0.1, -0.05) is 12.1 Å². The van der Waals surface area contributed by atoms with Gasteiger partial charge in [0.2, 0.25) is 0 Å². The molecule has 0 aliphatic carbocycles. The lowest BCUT2D eigenvalue weighted by Crippen LogP contribution is -2.20. The van der Waals surface area contributed by atoms with Crippen LogP contribution in [0.2, 0.25) is 0 Å². The lowest BCUT2D eigenvalue weighted by atomic mass is 10.1. The van der Waals surface area contributed by atoms with E-state index in [-0.39, 0.29) is 16.7 Å². The molecular weight excluding hydrogens is 256 g/mol. The van der Waals surface area contributed by atoms with Crippen LogP contribution >= 0.6 is 0 Å². The Morgan fingerprint density at radius 1 is 1.40 bits per heavy atom. The van der Waals surface area contributed by atoms with Crippen molar-refractivity contribution in [1.82, 2.24) is 15.3 Å². The van der Waals surface area contributed by atoms with E-state index in [0.29, 0.717) is 0 Å². The third-order valence-electron chi connectivity index (χ3n) is 3.20. The second-order valence-corrected chi connectivity index (χ2v) is 4.66. The Bertz CT molecular complexity index is 537. The Morgan fingerprint density at radius 2 is 2.15 bits per heavy atom. The zero-order valence-corrected chi connectivity index (χ0v) is 11.4. The van der Waals surface area contributed by atoms with Crippen molar-refractivity contribution >= 4 is 5.69 Å². The highest BCUT2D eigenvalue weighted by atomic mass is 16.6. The van der Waals surface area contributed by atoms with Gasteiger partial charge in [-0.3, -0.25) is 10.1 Å². The van der Waals surface area contributed by atoms with E-state index in [4.69, 9.17) is 0 Å². The van der Waals surface area contributed by atoms with Crippen LogP contribution in [-0.4, -0.2) is 21.4 Å². The minimum Gasteiger partial charge on any atom is -0.349 e. The van der Waals surface area contributed by atoms with E-state index in [1.807, 2.05) is 13.1 Å². The van der Waals surface area contributed by atoms with Crippen molar-refractivity contribution in [1.29, 1.82) is 0 Å². The largest absolute Gasteiger partial charge is 0.349 e. The Balaban J connectivity index is 1.76. The van der Waals surface area contributed by atoms with Crippen molar-refractivity contribution in [3.05, 3.63) is 58.2 Å². The number of non-ortho nitro benzene ring substituents is 1. The minimum atomic E-state index is -0.384. The van der Waals surface area contributed by atoms with Gasteiger partial charge in [-0.2, -0.15) is 0 Å². The summed E-state index contributed by atoms with van der Waals surface area (Å²) in [7, 11) is 0. The molecule has 1 aromatic carbocycles. The van der Waals surface area contributed by atoms with Crippen LogP contribution in [0.5, 0.6) is 0 Å². The molecule has 0 saturated carbocycles. The monoisotopic (exact) mass is 274 g/mol. The van der Waals surface area contributed by atoms with E-state index < -0.39 is 0 Å². The van der Waals surface area contributed by atoms with Gasteiger partial charge in [-0.05, 0) is 25.5 Å². The van der Waals surface area contributed by atoms with Gasteiger partial charge in [0.05, 0.1) is 4.92 Å². The van der Waals surface area contributed by atoms with E-state index in [9.17, 15) is 10.1 Å². The van der Waals surface area contributed by atoms with Crippen molar-refractivity contribution in [2.24, 2.45) is 0 Å². The first kappa shape index (κ1) is 14.2. The number of nitro groups is 1. The standard InChI is InChI=1S/C14H18N4O2/c1-11(12-4-6-13(7-5-12)18(19)20)15-8-2-3-14-16-9-10-17-14/h4-7,9-11,15H,2-3,8H2,1H3,(H,16,17). The summed E-state index contributed by atoms with van der Waals surface area (Å²) in [5.41, 5.74) is 1.17. The van der Waals surface area contributed by atoms with Crippen LogP contribution in [0.3, 0.4) is 0 Å². The number of hydrogen-bond acceptors (Lipinski definition) is 4. The van der Waals surface area contributed by atoms with Crippen LogP contribution in [0.15, 0.2) is 36.7 Å². The van der Waals surface area contributed by atoms with Crippen LogP contribution in [0.4, 0.5) is 5.69 Å². The molecule has 2 aromatic rings. The fourth-order valence-electron chi connectivity index (χ4n) is 2.01. The molecule has 1 atom stereocenters. The number of rotatable bonds is 7. The first-order chi connectivity index (χ1) is 9.66. The molecule has 0 aliphatic heterocycles. The molecule has 0 fully saturated rings. The Kier molecular flexibility index (Phi) is 4.84. The molecule has 0 bridgehead atoms. The Morgan fingerprint density at radius 3 is 2.75 bits per heavy atom. The first-order valence-corrected chi connectivity index (χ1v) is 6.63. The normalized spacial score (nSPS) is 12.2. The third-order valence-corrected chi connectivity index (χ3v) is 3.20. The maximum Gasteiger partial charge on any atom is 0.269 e. The molecule has 20 heavy (non-hydrogen) atoms. The Hall–Kier alpha value is -2.21. The molecule has 2 rings (SSSR count). The van der Waals surface area contributed by atoms with E-state index in [2.05, 4.69) is 15.3 Å². The summed E-state index contributed by atoms with van der Waals surface area (Å²) in [5.74, 6) is 0.995. The highest BCUT2D eigenvalue weighted by Crippen LogP contribution is 2.17. The van der Waals surface area contributed by atoms with Crippen LogP contribution in [0.25, 0.3) is 0 Å². The number of hydrogen-bond donors (Lipinski definition) is 2. The molecule has 106 valence electrons. The second kappa shape index (κ2) is 6.81. The van der Waals surface area contributed by atoms with Crippen molar-refractivity contribution in [3.8, 4) is 0 Å². The van der Waals surface area contributed by atoms with Gasteiger partial charge in [-0.25, -0.2) is 4.98 Å². The minimum absolute atomic E-state index is 0.124.